The number of amides is 1. The van der Waals surface area contributed by atoms with Gasteiger partial charge >= 0.3 is 0 Å². The Labute approximate surface area is 245 Å². The Morgan fingerprint density at radius 1 is 0.907 bits per heavy atom. The molecule has 5 heterocycles. The van der Waals surface area contributed by atoms with Crippen molar-refractivity contribution in [3.05, 3.63) is 108 Å². The molecule has 0 fully saturated rings. The molecular weight excluding hydrogens is 554 g/mol. The maximum absolute atomic E-state index is 11.9. The van der Waals surface area contributed by atoms with Gasteiger partial charge in [0.05, 0.1) is 11.1 Å². The third-order valence-electron chi connectivity index (χ3n) is 6.68. The number of nitrogens with two attached hydrogens (primary N) is 2. The van der Waals surface area contributed by atoms with Gasteiger partial charge in [-0.2, -0.15) is 5.10 Å². The fourth-order valence-corrected chi connectivity index (χ4v) is 4.53. The average molecular weight is 583 g/mol. The number of nitrogens with zero attached hydrogens (tertiary/aromatic N) is 8. The van der Waals surface area contributed by atoms with Gasteiger partial charge in [0.15, 0.2) is 17.3 Å². The number of fused-ring (bicyclic) bond motifs is 2. The highest BCUT2D eigenvalue weighted by Gasteiger charge is 2.15. The Bertz CT molecular complexity index is 1810. The van der Waals surface area contributed by atoms with Crippen LogP contribution in [-0.4, -0.2) is 45.2 Å². The van der Waals surface area contributed by atoms with Gasteiger partial charge in [-0.1, -0.05) is 24.3 Å². The number of aromatic nitrogens is 8. The fraction of sp³-hybridized carbons (Fsp3) is 0.167. The van der Waals surface area contributed by atoms with Crippen LogP contribution < -0.4 is 11.5 Å². The van der Waals surface area contributed by atoms with Gasteiger partial charge in [0.1, 0.15) is 17.2 Å². The molecule has 0 saturated heterocycles. The molecule has 4 N–H and O–H groups in total. The van der Waals surface area contributed by atoms with E-state index in [1.807, 2.05) is 48.1 Å². The predicted octanol–water partition coefficient (Wildman–Crippen LogP) is 4.49. The van der Waals surface area contributed by atoms with Crippen molar-refractivity contribution in [3.63, 3.8) is 0 Å². The fourth-order valence-electron chi connectivity index (χ4n) is 4.53. The van der Waals surface area contributed by atoms with Crippen molar-refractivity contribution in [2.24, 2.45) is 12.8 Å². The van der Waals surface area contributed by atoms with Crippen molar-refractivity contribution >= 4 is 22.9 Å². The van der Waals surface area contributed by atoms with Crippen molar-refractivity contribution in [2.45, 2.75) is 25.7 Å². The van der Waals surface area contributed by atoms with Gasteiger partial charge in [0.2, 0.25) is 0 Å². The summed E-state index contributed by atoms with van der Waals surface area (Å²) in [6, 6.07) is 18.1. The standard InChI is InChI=1S/C15H13N7.C9H10.C6H5F2N3O/c1-21-14(10-4-2-7-17-13(10)16)19-11-5-6-12(20-15(11)21)22-9-3-8-18-22;1-2-5-9-7-3-6-8(9)4-1;7-4(8)6-10-1-3(2-11-6)5(9)12/h2-9H,1H3,(H2,16,17);1-2,4-5H,3,6-7H2;1-2,4H,(H2,9,12). The van der Waals surface area contributed by atoms with Gasteiger partial charge in [-0.3, -0.25) is 4.79 Å². The van der Waals surface area contributed by atoms with Crippen molar-refractivity contribution < 1.29 is 13.6 Å². The number of nitrogen functional groups attached to an aromatic ring is 1. The molecule has 0 radical (unpaired) electrons. The van der Waals surface area contributed by atoms with Gasteiger partial charge in [-0.25, -0.2) is 38.4 Å². The van der Waals surface area contributed by atoms with Crippen molar-refractivity contribution in [1.29, 1.82) is 0 Å². The van der Waals surface area contributed by atoms with Crippen molar-refractivity contribution in [1.82, 2.24) is 39.3 Å². The average Bonchev–Trinajstić information content (AvgIpc) is 3.79. The van der Waals surface area contributed by atoms with Crippen molar-refractivity contribution in [2.75, 3.05) is 5.73 Å². The van der Waals surface area contributed by atoms with Crippen LogP contribution in [0.15, 0.2) is 85.6 Å². The molecule has 218 valence electrons. The molecular formula is C30H28F2N10O. The summed E-state index contributed by atoms with van der Waals surface area (Å²) in [4.78, 5) is 30.3. The number of halogens is 2. The van der Waals surface area contributed by atoms with Crippen LogP contribution in [0.5, 0.6) is 0 Å². The SMILES string of the molecule is Cn1c(-c2cccnc2N)nc2ccc(-n3cccn3)nc21.NC(=O)c1cnc(C(F)F)nc1.c1ccc2c(c1)CCC2. The zero-order valence-electron chi connectivity index (χ0n) is 23.2. The smallest absolute Gasteiger partial charge is 0.297 e. The molecule has 0 atom stereocenters. The van der Waals surface area contributed by atoms with E-state index in [0.717, 1.165) is 40.8 Å². The zero-order chi connectivity index (χ0) is 30.3. The molecule has 13 heteroatoms. The highest BCUT2D eigenvalue weighted by Crippen LogP contribution is 2.26. The van der Waals surface area contributed by atoms with E-state index in [9.17, 15) is 13.6 Å². The second-order valence-electron chi connectivity index (χ2n) is 9.51. The van der Waals surface area contributed by atoms with Crippen LogP contribution in [0, 0.1) is 0 Å². The van der Waals surface area contributed by atoms with E-state index >= 15 is 0 Å². The maximum Gasteiger partial charge on any atom is 0.297 e. The number of rotatable bonds is 4. The Morgan fingerprint density at radius 2 is 1.63 bits per heavy atom. The lowest BCUT2D eigenvalue weighted by atomic mass is 10.1. The van der Waals surface area contributed by atoms with E-state index in [1.54, 1.807) is 28.2 Å². The minimum Gasteiger partial charge on any atom is -0.383 e. The van der Waals surface area contributed by atoms with E-state index in [0.29, 0.717) is 5.82 Å². The van der Waals surface area contributed by atoms with Gasteiger partial charge in [0.25, 0.3) is 12.3 Å². The molecule has 1 amide bonds. The van der Waals surface area contributed by atoms with Crippen LogP contribution in [0.25, 0.3) is 28.4 Å². The Kier molecular flexibility index (Phi) is 8.70. The van der Waals surface area contributed by atoms with E-state index in [4.69, 9.17) is 11.5 Å². The molecule has 7 rings (SSSR count). The van der Waals surface area contributed by atoms with Crippen LogP contribution in [0.4, 0.5) is 14.6 Å². The number of hydrogen-bond acceptors (Lipinski definition) is 8. The molecule has 5 aromatic heterocycles. The summed E-state index contributed by atoms with van der Waals surface area (Å²) in [6.07, 6.45) is 8.41. The van der Waals surface area contributed by atoms with Crippen LogP contribution >= 0.6 is 0 Å². The Morgan fingerprint density at radius 3 is 2.23 bits per heavy atom. The predicted molar refractivity (Wildman–Crippen MR) is 157 cm³/mol. The molecule has 1 aliphatic rings. The molecule has 43 heavy (non-hydrogen) atoms. The van der Waals surface area contributed by atoms with Crippen molar-refractivity contribution in [3.8, 4) is 17.2 Å². The van der Waals surface area contributed by atoms with E-state index in [2.05, 4.69) is 54.3 Å². The van der Waals surface area contributed by atoms with Crippen LogP contribution in [0.2, 0.25) is 0 Å². The number of alkyl halides is 2. The molecule has 1 aliphatic carbocycles. The summed E-state index contributed by atoms with van der Waals surface area (Å²) in [5.74, 6) is 0.584. The number of pyridine rings is 2. The quantitative estimate of drug-likeness (QED) is 0.308. The maximum atomic E-state index is 11.9. The summed E-state index contributed by atoms with van der Waals surface area (Å²) in [7, 11) is 1.91. The monoisotopic (exact) mass is 582 g/mol. The normalized spacial score (nSPS) is 11.8. The molecule has 0 bridgehead atoms. The first-order valence-corrected chi connectivity index (χ1v) is 13.3. The molecule has 11 nitrogen and oxygen atoms in total. The van der Waals surface area contributed by atoms with Gasteiger partial charge in [0, 0.05) is 38.0 Å². The first-order valence-electron chi connectivity index (χ1n) is 13.3. The summed E-state index contributed by atoms with van der Waals surface area (Å²) < 4.78 is 27.3. The van der Waals surface area contributed by atoms with Crippen LogP contribution in [-0.2, 0) is 19.9 Å². The minimum absolute atomic E-state index is 0.0133. The first-order chi connectivity index (χ1) is 20.8. The minimum atomic E-state index is -2.73. The summed E-state index contributed by atoms with van der Waals surface area (Å²) in [6.45, 7) is 0. The number of carbonyl (C=O) groups excluding carboxylic acids is 1. The molecule has 0 aliphatic heterocycles. The topological polar surface area (TPSA) is 156 Å². The Balaban J connectivity index is 0.000000147. The molecule has 0 unspecified atom stereocenters. The highest BCUT2D eigenvalue weighted by atomic mass is 19.3. The lowest BCUT2D eigenvalue weighted by Gasteiger charge is -2.04. The summed E-state index contributed by atoms with van der Waals surface area (Å²) in [5.41, 5.74) is 16.3. The van der Waals surface area contributed by atoms with Crippen LogP contribution in [0.1, 0.15) is 40.2 Å². The van der Waals surface area contributed by atoms with Gasteiger partial charge < -0.3 is 16.0 Å². The van der Waals surface area contributed by atoms with Gasteiger partial charge in [-0.15, -0.1) is 0 Å². The number of aryl methyl sites for hydroxylation is 3. The molecule has 0 spiro atoms. The number of carbonyl (C=O) groups is 1. The number of anilines is 1. The zero-order valence-corrected chi connectivity index (χ0v) is 23.2. The Hall–Kier alpha value is -5.59. The number of imidazole rings is 1. The van der Waals surface area contributed by atoms with E-state index in [-0.39, 0.29) is 5.56 Å². The lowest BCUT2D eigenvalue weighted by Crippen LogP contribution is -2.12. The number of benzene rings is 1. The highest BCUT2D eigenvalue weighted by molar-refractivity contribution is 5.92. The second-order valence-corrected chi connectivity index (χ2v) is 9.51. The van der Waals surface area contributed by atoms with E-state index in [1.165, 1.54) is 19.3 Å². The number of hydrogen-bond donors (Lipinski definition) is 2. The number of primary amides is 1. The first kappa shape index (κ1) is 28.9. The third kappa shape index (κ3) is 6.67. The van der Waals surface area contributed by atoms with E-state index < -0.39 is 18.2 Å². The van der Waals surface area contributed by atoms with Gasteiger partial charge in [-0.05, 0) is 60.7 Å². The van der Waals surface area contributed by atoms with Crippen LogP contribution in [0.3, 0.4) is 0 Å². The third-order valence-corrected chi connectivity index (χ3v) is 6.68. The largest absolute Gasteiger partial charge is 0.383 e. The molecule has 1 aromatic carbocycles. The lowest BCUT2D eigenvalue weighted by molar-refractivity contribution is 0.0998. The second kappa shape index (κ2) is 12.9. The molecule has 0 saturated carbocycles. The summed E-state index contributed by atoms with van der Waals surface area (Å²) in [5, 5.41) is 4.20. The summed E-state index contributed by atoms with van der Waals surface area (Å²) >= 11 is 0. The molecule has 6 aromatic rings.